The minimum Gasteiger partial charge on any atom is -0.0808 e. The highest BCUT2D eigenvalue weighted by Crippen LogP contribution is 1.93. The molecule has 0 fully saturated rings. The average molecular weight is 158 g/mol. The van der Waals surface area contributed by atoms with Crippen LogP contribution in [0.25, 0.3) is 0 Å². The Kier molecular flexibility index (Phi) is 4.70. The summed E-state index contributed by atoms with van der Waals surface area (Å²) in [5.74, 6) is 0. The first kappa shape index (κ1) is 8.79. The van der Waals surface area contributed by atoms with Crippen LogP contribution < -0.4 is 0 Å². The number of allylic oxidation sites excluding steroid dienone is 10. The van der Waals surface area contributed by atoms with Gasteiger partial charge in [0.05, 0.1) is 0 Å². The Hall–Kier alpha value is -1.30. The maximum absolute atomic E-state index is 2.14. The molecular formula is C12H14. The number of hydrogen-bond donors (Lipinski definition) is 0. The fourth-order valence-corrected chi connectivity index (χ4v) is 0.914. The first-order valence-corrected chi connectivity index (χ1v) is 4.30. The molecule has 0 heteroatoms. The summed E-state index contributed by atoms with van der Waals surface area (Å²) in [5.41, 5.74) is 0. The molecule has 0 unspecified atom stereocenters. The topological polar surface area (TPSA) is 0 Å². The standard InChI is InChI=1S/C12H14/c1-2-4-6-8-10-12-11-9-7-5-3-1/h1-6,9-12H,7-8H2/b2-1-,5-3+,6-4+,11-9-,12-10+. The van der Waals surface area contributed by atoms with Crippen LogP contribution in [0, 0.1) is 0 Å². The molecular weight excluding hydrogens is 144 g/mol. The third kappa shape index (κ3) is 4.51. The van der Waals surface area contributed by atoms with Crippen LogP contribution in [0.4, 0.5) is 0 Å². The van der Waals surface area contributed by atoms with Crippen molar-refractivity contribution in [2.45, 2.75) is 12.8 Å². The van der Waals surface area contributed by atoms with Crippen molar-refractivity contribution in [3.05, 3.63) is 60.8 Å². The van der Waals surface area contributed by atoms with E-state index in [9.17, 15) is 0 Å². The third-order valence-electron chi connectivity index (χ3n) is 1.53. The van der Waals surface area contributed by atoms with Crippen molar-refractivity contribution in [2.75, 3.05) is 0 Å². The van der Waals surface area contributed by atoms with Gasteiger partial charge in [-0.05, 0) is 12.8 Å². The van der Waals surface area contributed by atoms with Gasteiger partial charge in [-0.1, -0.05) is 60.8 Å². The first-order valence-electron chi connectivity index (χ1n) is 4.30. The molecule has 0 aromatic carbocycles. The largest absolute Gasteiger partial charge is 0.0808 e. The molecule has 0 aliphatic heterocycles. The van der Waals surface area contributed by atoms with Crippen molar-refractivity contribution in [1.29, 1.82) is 0 Å². The molecule has 0 aromatic heterocycles. The lowest BCUT2D eigenvalue weighted by molar-refractivity contribution is 1.37. The summed E-state index contributed by atoms with van der Waals surface area (Å²) in [6, 6.07) is 0. The van der Waals surface area contributed by atoms with Crippen molar-refractivity contribution >= 4 is 0 Å². The fourth-order valence-electron chi connectivity index (χ4n) is 0.914. The van der Waals surface area contributed by atoms with E-state index >= 15 is 0 Å². The van der Waals surface area contributed by atoms with Crippen LogP contribution >= 0.6 is 0 Å². The Balaban J connectivity index is 2.55. The van der Waals surface area contributed by atoms with Gasteiger partial charge in [0, 0.05) is 0 Å². The zero-order valence-corrected chi connectivity index (χ0v) is 7.19. The summed E-state index contributed by atoms with van der Waals surface area (Å²) < 4.78 is 0. The van der Waals surface area contributed by atoms with E-state index < -0.39 is 0 Å². The first-order chi connectivity index (χ1) is 6.00. The van der Waals surface area contributed by atoms with Crippen LogP contribution in [0.5, 0.6) is 0 Å². The van der Waals surface area contributed by atoms with Crippen LogP contribution in [0.1, 0.15) is 12.8 Å². The molecule has 0 atom stereocenters. The Morgan fingerprint density at radius 3 is 1.17 bits per heavy atom. The predicted molar refractivity (Wildman–Crippen MR) is 54.9 cm³/mol. The fraction of sp³-hybridized carbons (Fsp3) is 0.167. The van der Waals surface area contributed by atoms with Gasteiger partial charge in [-0.2, -0.15) is 0 Å². The second kappa shape index (κ2) is 6.41. The van der Waals surface area contributed by atoms with Crippen molar-refractivity contribution in [3.63, 3.8) is 0 Å². The van der Waals surface area contributed by atoms with E-state index in [1.54, 1.807) is 0 Å². The molecule has 0 nitrogen and oxygen atoms in total. The van der Waals surface area contributed by atoms with Crippen molar-refractivity contribution < 1.29 is 0 Å². The summed E-state index contributed by atoms with van der Waals surface area (Å²) in [7, 11) is 0. The predicted octanol–water partition coefficient (Wildman–Crippen LogP) is 3.56. The smallest absolute Gasteiger partial charge is 0.0163 e. The second-order valence-corrected chi connectivity index (χ2v) is 2.57. The molecule has 0 radical (unpaired) electrons. The quantitative estimate of drug-likeness (QED) is 0.505. The van der Waals surface area contributed by atoms with E-state index in [4.69, 9.17) is 0 Å². The monoisotopic (exact) mass is 158 g/mol. The molecule has 1 aliphatic rings. The van der Waals surface area contributed by atoms with Gasteiger partial charge in [-0.25, -0.2) is 0 Å². The lowest BCUT2D eigenvalue weighted by Crippen LogP contribution is -1.61. The maximum atomic E-state index is 2.14. The van der Waals surface area contributed by atoms with Gasteiger partial charge in [-0.3, -0.25) is 0 Å². The van der Waals surface area contributed by atoms with Crippen LogP contribution in [0.3, 0.4) is 0 Å². The van der Waals surface area contributed by atoms with Gasteiger partial charge in [0.15, 0.2) is 0 Å². The lowest BCUT2D eigenvalue weighted by atomic mass is 10.2. The van der Waals surface area contributed by atoms with Gasteiger partial charge in [0.2, 0.25) is 0 Å². The van der Waals surface area contributed by atoms with Gasteiger partial charge in [0.25, 0.3) is 0 Å². The molecule has 0 spiro atoms. The third-order valence-corrected chi connectivity index (χ3v) is 1.53. The summed E-state index contributed by atoms with van der Waals surface area (Å²) in [6.07, 6.45) is 23.0. The van der Waals surface area contributed by atoms with E-state index in [1.807, 2.05) is 0 Å². The minimum absolute atomic E-state index is 1.01. The molecule has 0 saturated carbocycles. The normalized spacial score (nSPS) is 30.7. The van der Waals surface area contributed by atoms with Gasteiger partial charge >= 0.3 is 0 Å². The van der Waals surface area contributed by atoms with E-state index in [0.717, 1.165) is 12.8 Å². The lowest BCUT2D eigenvalue weighted by Gasteiger charge is -1.82. The Labute approximate surface area is 74.3 Å². The van der Waals surface area contributed by atoms with Crippen LogP contribution in [0.2, 0.25) is 0 Å². The number of rotatable bonds is 0. The van der Waals surface area contributed by atoms with E-state index in [-0.39, 0.29) is 0 Å². The number of hydrogen-bond acceptors (Lipinski definition) is 0. The highest BCUT2D eigenvalue weighted by atomic mass is 13.8. The van der Waals surface area contributed by atoms with E-state index in [1.165, 1.54) is 0 Å². The van der Waals surface area contributed by atoms with E-state index in [0.29, 0.717) is 0 Å². The highest BCUT2D eigenvalue weighted by molar-refractivity contribution is 5.15. The van der Waals surface area contributed by atoms with Crippen molar-refractivity contribution in [1.82, 2.24) is 0 Å². The maximum Gasteiger partial charge on any atom is -0.0163 e. The molecule has 0 amide bonds. The molecule has 62 valence electrons. The summed E-state index contributed by atoms with van der Waals surface area (Å²) >= 11 is 0. The minimum atomic E-state index is 1.01. The summed E-state index contributed by atoms with van der Waals surface area (Å²) in [5, 5.41) is 0. The second-order valence-electron chi connectivity index (χ2n) is 2.57. The molecule has 1 rings (SSSR count). The van der Waals surface area contributed by atoms with Crippen LogP contribution in [-0.4, -0.2) is 0 Å². The van der Waals surface area contributed by atoms with Crippen molar-refractivity contribution in [2.24, 2.45) is 0 Å². The Bertz CT molecular complexity index is 211. The molecule has 0 N–H and O–H groups in total. The Morgan fingerprint density at radius 1 is 0.417 bits per heavy atom. The highest BCUT2D eigenvalue weighted by Gasteiger charge is 1.71. The van der Waals surface area contributed by atoms with Gasteiger partial charge in [0.1, 0.15) is 0 Å². The average Bonchev–Trinajstić information content (AvgIpc) is 2.05. The molecule has 0 heterocycles. The van der Waals surface area contributed by atoms with Gasteiger partial charge < -0.3 is 0 Å². The summed E-state index contributed by atoms with van der Waals surface area (Å²) in [4.78, 5) is 0. The molecule has 0 bridgehead atoms. The SMILES string of the molecule is C1=C\C=C\C/C=C/C=C\C/C=C/1. The molecule has 0 saturated heterocycles. The van der Waals surface area contributed by atoms with Crippen molar-refractivity contribution in [3.8, 4) is 0 Å². The molecule has 1 aliphatic carbocycles. The summed E-state index contributed by atoms with van der Waals surface area (Å²) in [6.45, 7) is 0. The zero-order chi connectivity index (χ0) is 8.49. The van der Waals surface area contributed by atoms with Crippen LogP contribution in [-0.2, 0) is 0 Å². The zero-order valence-electron chi connectivity index (χ0n) is 7.19. The van der Waals surface area contributed by atoms with Gasteiger partial charge in [-0.15, -0.1) is 0 Å². The molecule has 0 aromatic rings. The molecule has 12 heavy (non-hydrogen) atoms. The van der Waals surface area contributed by atoms with Crippen LogP contribution in [0.15, 0.2) is 60.8 Å². The van der Waals surface area contributed by atoms with E-state index in [2.05, 4.69) is 60.8 Å². The Morgan fingerprint density at radius 2 is 0.750 bits per heavy atom.